The second-order valence-electron chi connectivity index (χ2n) is 5.18. The van der Waals surface area contributed by atoms with E-state index in [4.69, 9.17) is 27.9 Å². The first kappa shape index (κ1) is 17.1. The minimum absolute atomic E-state index is 0.262. The quantitative estimate of drug-likeness (QED) is 0.757. The van der Waals surface area contributed by atoms with Crippen LogP contribution in [-0.2, 0) is 4.74 Å². The van der Waals surface area contributed by atoms with Crippen LogP contribution in [0.25, 0.3) is 0 Å². The summed E-state index contributed by atoms with van der Waals surface area (Å²) in [5.74, 6) is 0. The van der Waals surface area contributed by atoms with Gasteiger partial charge < -0.3 is 15.2 Å². The van der Waals surface area contributed by atoms with Crippen molar-refractivity contribution in [1.82, 2.24) is 0 Å². The summed E-state index contributed by atoms with van der Waals surface area (Å²) >= 11 is 15.4. The summed E-state index contributed by atoms with van der Waals surface area (Å²) in [5.41, 5.74) is 0.421. The number of hydrogen-bond acceptors (Lipinski definition) is 3. The molecule has 6 heteroatoms. The number of aliphatic hydroxyl groups is 1. The highest BCUT2D eigenvalue weighted by molar-refractivity contribution is 9.10. The van der Waals surface area contributed by atoms with Crippen LogP contribution < -0.4 is 5.32 Å². The Morgan fingerprint density at radius 1 is 1.32 bits per heavy atom. The Morgan fingerprint density at radius 3 is 2.53 bits per heavy atom. The van der Waals surface area contributed by atoms with Gasteiger partial charge in [0.25, 0.3) is 0 Å². The third-order valence-electron chi connectivity index (χ3n) is 2.27. The third-order valence-corrected chi connectivity index (χ3v) is 4.04. The van der Waals surface area contributed by atoms with Crippen molar-refractivity contribution in [3.63, 3.8) is 0 Å². The van der Waals surface area contributed by atoms with E-state index in [2.05, 4.69) is 21.2 Å². The van der Waals surface area contributed by atoms with Crippen LogP contribution >= 0.6 is 39.1 Å². The summed E-state index contributed by atoms with van der Waals surface area (Å²) in [6.07, 6.45) is -0.613. The Morgan fingerprint density at radius 2 is 1.95 bits per heavy atom. The topological polar surface area (TPSA) is 41.5 Å². The average Bonchev–Trinajstić information content (AvgIpc) is 2.32. The Labute approximate surface area is 132 Å². The first-order chi connectivity index (χ1) is 8.70. The molecule has 0 saturated heterocycles. The number of anilines is 1. The molecule has 1 rings (SSSR count). The van der Waals surface area contributed by atoms with Gasteiger partial charge in [-0.1, -0.05) is 23.2 Å². The average molecular weight is 371 g/mol. The van der Waals surface area contributed by atoms with Crippen molar-refractivity contribution in [2.75, 3.05) is 18.5 Å². The third kappa shape index (κ3) is 5.88. The normalized spacial score (nSPS) is 13.4. The maximum atomic E-state index is 9.82. The molecule has 3 nitrogen and oxygen atoms in total. The molecule has 0 aromatic heterocycles. The molecule has 0 aliphatic rings. The maximum absolute atomic E-state index is 9.82. The number of hydrogen-bond donors (Lipinski definition) is 2. The van der Waals surface area contributed by atoms with E-state index < -0.39 is 6.10 Å². The van der Waals surface area contributed by atoms with Gasteiger partial charge >= 0.3 is 0 Å². The molecule has 0 saturated carbocycles. The molecule has 1 unspecified atom stereocenters. The molecule has 19 heavy (non-hydrogen) atoms. The van der Waals surface area contributed by atoms with Crippen molar-refractivity contribution in [1.29, 1.82) is 0 Å². The van der Waals surface area contributed by atoms with Crippen LogP contribution in [0, 0.1) is 0 Å². The molecular formula is C13H18BrCl2NO2. The van der Waals surface area contributed by atoms with Gasteiger partial charge in [-0.05, 0) is 48.8 Å². The van der Waals surface area contributed by atoms with Crippen LogP contribution in [0.5, 0.6) is 0 Å². The number of benzene rings is 1. The molecule has 0 radical (unpaired) electrons. The van der Waals surface area contributed by atoms with E-state index in [1.165, 1.54) is 0 Å². The Balaban J connectivity index is 2.51. The number of ether oxygens (including phenoxy) is 1. The lowest BCUT2D eigenvalue weighted by Crippen LogP contribution is -2.30. The van der Waals surface area contributed by atoms with E-state index >= 15 is 0 Å². The van der Waals surface area contributed by atoms with Gasteiger partial charge in [-0.3, -0.25) is 0 Å². The van der Waals surface area contributed by atoms with E-state index in [0.29, 0.717) is 22.3 Å². The van der Waals surface area contributed by atoms with E-state index in [1.807, 2.05) is 20.8 Å². The monoisotopic (exact) mass is 369 g/mol. The lowest BCUT2D eigenvalue weighted by atomic mass is 10.2. The highest BCUT2D eigenvalue weighted by Crippen LogP contribution is 2.35. The zero-order chi connectivity index (χ0) is 14.6. The molecule has 0 heterocycles. The molecule has 0 amide bonds. The highest BCUT2D eigenvalue weighted by Gasteiger charge is 2.14. The first-order valence-electron chi connectivity index (χ1n) is 5.90. The van der Waals surface area contributed by atoms with E-state index in [9.17, 15) is 5.11 Å². The molecule has 0 aliphatic heterocycles. The van der Waals surface area contributed by atoms with Crippen molar-refractivity contribution < 1.29 is 9.84 Å². The lowest BCUT2D eigenvalue weighted by molar-refractivity contribution is -0.0449. The maximum Gasteiger partial charge on any atom is 0.0945 e. The fourth-order valence-corrected chi connectivity index (χ4v) is 2.14. The fourth-order valence-electron chi connectivity index (χ4n) is 1.30. The van der Waals surface area contributed by atoms with Crippen LogP contribution in [0.2, 0.25) is 10.0 Å². The second-order valence-corrected chi connectivity index (χ2v) is 6.79. The van der Waals surface area contributed by atoms with Gasteiger partial charge in [0.1, 0.15) is 0 Å². The molecule has 0 spiro atoms. The number of halogens is 3. The van der Waals surface area contributed by atoms with Gasteiger partial charge in [0.15, 0.2) is 0 Å². The summed E-state index contributed by atoms with van der Waals surface area (Å²) in [7, 11) is 0. The standard InChI is InChI=1S/C13H18BrCl2NO2/c1-13(2,3)19-7-8(18)6-17-10-5-4-9(14)11(15)12(10)16/h4-5,8,17-18H,6-7H2,1-3H3. The largest absolute Gasteiger partial charge is 0.389 e. The van der Waals surface area contributed by atoms with Gasteiger partial charge in [0.2, 0.25) is 0 Å². The molecule has 0 fully saturated rings. The predicted molar refractivity (Wildman–Crippen MR) is 84.4 cm³/mol. The van der Waals surface area contributed by atoms with Gasteiger partial charge in [0, 0.05) is 11.0 Å². The minimum atomic E-state index is -0.613. The van der Waals surface area contributed by atoms with Crippen molar-refractivity contribution in [2.24, 2.45) is 0 Å². The van der Waals surface area contributed by atoms with Crippen molar-refractivity contribution in [3.8, 4) is 0 Å². The van der Waals surface area contributed by atoms with E-state index in [-0.39, 0.29) is 12.2 Å². The summed E-state index contributed by atoms with van der Waals surface area (Å²) in [5, 5.41) is 13.7. The van der Waals surface area contributed by atoms with Crippen LogP contribution in [0.3, 0.4) is 0 Å². The zero-order valence-corrected chi connectivity index (χ0v) is 14.2. The van der Waals surface area contributed by atoms with Crippen molar-refractivity contribution in [2.45, 2.75) is 32.5 Å². The Bertz CT molecular complexity index is 435. The molecule has 0 bridgehead atoms. The van der Waals surface area contributed by atoms with Gasteiger partial charge in [0.05, 0.1) is 34.0 Å². The lowest BCUT2D eigenvalue weighted by Gasteiger charge is -2.22. The number of rotatable bonds is 5. The second kappa shape index (κ2) is 7.14. The Kier molecular flexibility index (Phi) is 6.40. The molecule has 1 aromatic rings. The van der Waals surface area contributed by atoms with Crippen molar-refractivity contribution in [3.05, 3.63) is 26.7 Å². The van der Waals surface area contributed by atoms with Crippen LogP contribution in [0.15, 0.2) is 16.6 Å². The molecule has 0 aliphatic carbocycles. The Hall–Kier alpha value is -0.000000000000000111. The van der Waals surface area contributed by atoms with E-state index in [1.54, 1.807) is 12.1 Å². The predicted octanol–water partition coefficient (Wildman–Crippen LogP) is 4.34. The summed E-state index contributed by atoms with van der Waals surface area (Å²) in [6.45, 7) is 6.43. The number of nitrogens with one attached hydrogen (secondary N) is 1. The van der Waals surface area contributed by atoms with Gasteiger partial charge in [-0.25, -0.2) is 0 Å². The zero-order valence-electron chi connectivity index (χ0n) is 11.1. The molecule has 108 valence electrons. The van der Waals surface area contributed by atoms with Gasteiger partial charge in [-0.2, -0.15) is 0 Å². The summed E-state index contributed by atoms with van der Waals surface area (Å²) in [6, 6.07) is 3.60. The van der Waals surface area contributed by atoms with Crippen LogP contribution in [0.4, 0.5) is 5.69 Å². The van der Waals surface area contributed by atoms with E-state index in [0.717, 1.165) is 4.47 Å². The van der Waals surface area contributed by atoms with Crippen molar-refractivity contribution >= 4 is 44.8 Å². The number of aliphatic hydroxyl groups excluding tert-OH is 1. The fraction of sp³-hybridized carbons (Fsp3) is 0.538. The molecule has 1 atom stereocenters. The molecule has 2 N–H and O–H groups in total. The van der Waals surface area contributed by atoms with Gasteiger partial charge in [-0.15, -0.1) is 0 Å². The highest BCUT2D eigenvalue weighted by atomic mass is 79.9. The summed E-state index contributed by atoms with van der Waals surface area (Å²) in [4.78, 5) is 0. The minimum Gasteiger partial charge on any atom is -0.389 e. The van der Waals surface area contributed by atoms with Crippen LogP contribution in [-0.4, -0.2) is 30.0 Å². The van der Waals surface area contributed by atoms with Crippen LogP contribution in [0.1, 0.15) is 20.8 Å². The molecular weight excluding hydrogens is 353 g/mol. The SMILES string of the molecule is CC(C)(C)OCC(O)CNc1ccc(Br)c(Cl)c1Cl. The molecule has 1 aromatic carbocycles. The summed E-state index contributed by atoms with van der Waals surface area (Å²) < 4.78 is 6.23. The first-order valence-corrected chi connectivity index (χ1v) is 7.45. The smallest absolute Gasteiger partial charge is 0.0945 e.